The summed E-state index contributed by atoms with van der Waals surface area (Å²) in [5.41, 5.74) is 5.72. The highest BCUT2D eigenvalue weighted by Crippen LogP contribution is 2.43. The van der Waals surface area contributed by atoms with E-state index >= 15 is 0 Å². The number of rotatable bonds is 13. The van der Waals surface area contributed by atoms with Gasteiger partial charge in [-0.25, -0.2) is 4.68 Å². The number of tetrazole rings is 1. The van der Waals surface area contributed by atoms with Crippen molar-refractivity contribution in [3.8, 4) is 11.1 Å². The fourth-order valence-corrected chi connectivity index (χ4v) is 6.21. The number of benzene rings is 3. The van der Waals surface area contributed by atoms with Gasteiger partial charge >= 0.3 is 5.97 Å². The standard InChI is InChI=1S/C33H37N5O6S/c1-21-28(20-45-33-35-36-37-38(33)2)43-32(44-31(21)25-11-9-22(19-39)10-12-25)26-15-13-24(14-16-26)27-6-3-5-23(17-27)18-34-29(40)7-4-8-30(41)42/h3,5-6,9-17,21,28,31-32,39H,4,7-8,18-20H2,1-2H3,(H,34,40)(H,41,42)/t21-,28+,31+,32+/m0/s1. The maximum atomic E-state index is 12.1. The summed E-state index contributed by atoms with van der Waals surface area (Å²) in [6, 6.07) is 23.9. The SMILES string of the molecule is C[C@H]1[C@@H](CSc2nnnn2C)O[C@@H](c2ccc(-c3cccc(CNC(=O)CCCC(=O)O)c3)cc2)O[C@H]1c1ccc(CO)cc1. The molecule has 1 saturated heterocycles. The molecule has 3 N–H and O–H groups in total. The van der Waals surface area contributed by atoms with Crippen LogP contribution >= 0.6 is 11.8 Å². The molecule has 2 heterocycles. The van der Waals surface area contributed by atoms with Gasteiger partial charge in [-0.3, -0.25) is 9.59 Å². The van der Waals surface area contributed by atoms with Gasteiger partial charge < -0.3 is 25.0 Å². The summed E-state index contributed by atoms with van der Waals surface area (Å²) in [4.78, 5) is 22.8. The van der Waals surface area contributed by atoms with Gasteiger partial charge in [0.2, 0.25) is 11.1 Å². The fourth-order valence-electron chi connectivity index (χ4n) is 5.19. The van der Waals surface area contributed by atoms with Crippen LogP contribution in [0.5, 0.6) is 0 Å². The van der Waals surface area contributed by atoms with Gasteiger partial charge in [-0.15, -0.1) is 5.10 Å². The molecular formula is C33H37N5O6S. The Hall–Kier alpha value is -4.10. The van der Waals surface area contributed by atoms with Crippen molar-refractivity contribution in [2.24, 2.45) is 13.0 Å². The van der Waals surface area contributed by atoms with E-state index in [1.165, 1.54) is 11.8 Å². The number of carbonyl (C=O) groups is 2. The monoisotopic (exact) mass is 631 g/mol. The highest BCUT2D eigenvalue weighted by Gasteiger charge is 2.38. The molecule has 0 bridgehead atoms. The highest BCUT2D eigenvalue weighted by atomic mass is 32.2. The number of aliphatic carboxylic acids is 1. The average molecular weight is 632 g/mol. The molecule has 236 valence electrons. The maximum absolute atomic E-state index is 12.1. The normalized spacial score (nSPS) is 19.7. The summed E-state index contributed by atoms with van der Waals surface area (Å²) in [5, 5.41) is 33.6. The molecule has 0 radical (unpaired) electrons. The first-order chi connectivity index (χ1) is 21.8. The Labute approximate surface area is 266 Å². The minimum atomic E-state index is -0.902. The van der Waals surface area contributed by atoms with Crippen molar-refractivity contribution >= 4 is 23.6 Å². The van der Waals surface area contributed by atoms with E-state index in [-0.39, 0.29) is 43.5 Å². The van der Waals surface area contributed by atoms with Gasteiger partial charge in [0.25, 0.3) is 0 Å². The fraction of sp³-hybridized carbons (Fsp3) is 0.364. The number of carboxylic acid groups (broad SMARTS) is 1. The van der Waals surface area contributed by atoms with Crippen molar-refractivity contribution in [3.05, 3.63) is 95.1 Å². The van der Waals surface area contributed by atoms with Crippen LogP contribution in [0.15, 0.2) is 78.0 Å². The third-order valence-electron chi connectivity index (χ3n) is 7.81. The van der Waals surface area contributed by atoms with Crippen molar-refractivity contribution in [3.63, 3.8) is 0 Å². The lowest BCUT2D eigenvalue weighted by atomic mass is 9.91. The van der Waals surface area contributed by atoms with E-state index in [1.807, 2.05) is 79.8 Å². The number of carboxylic acids is 1. The van der Waals surface area contributed by atoms with Gasteiger partial charge in [0.15, 0.2) is 6.29 Å². The van der Waals surface area contributed by atoms with Gasteiger partial charge in [-0.2, -0.15) is 0 Å². The highest BCUT2D eigenvalue weighted by molar-refractivity contribution is 7.99. The van der Waals surface area contributed by atoms with E-state index in [0.29, 0.717) is 23.9 Å². The molecule has 1 aliphatic rings. The van der Waals surface area contributed by atoms with Gasteiger partial charge in [0.1, 0.15) is 0 Å². The number of hydrogen-bond donors (Lipinski definition) is 3. The van der Waals surface area contributed by atoms with E-state index in [9.17, 15) is 14.7 Å². The molecular weight excluding hydrogens is 594 g/mol. The number of nitrogens with zero attached hydrogens (tertiary/aromatic N) is 4. The maximum Gasteiger partial charge on any atom is 0.303 e. The number of nitrogens with one attached hydrogen (secondary N) is 1. The van der Waals surface area contributed by atoms with Crippen LogP contribution in [-0.2, 0) is 39.3 Å². The van der Waals surface area contributed by atoms with Crippen LogP contribution in [-0.4, -0.2) is 54.2 Å². The van der Waals surface area contributed by atoms with Gasteiger partial charge in [0.05, 0.1) is 18.8 Å². The zero-order chi connectivity index (χ0) is 31.8. The lowest BCUT2D eigenvalue weighted by molar-refractivity contribution is -0.268. The Kier molecular flexibility index (Phi) is 11.0. The zero-order valence-electron chi connectivity index (χ0n) is 25.2. The minimum Gasteiger partial charge on any atom is -0.481 e. The molecule has 0 saturated carbocycles. The van der Waals surface area contributed by atoms with E-state index in [1.54, 1.807) is 4.68 Å². The van der Waals surface area contributed by atoms with Crippen molar-refractivity contribution in [1.82, 2.24) is 25.5 Å². The Morgan fingerprint density at radius 2 is 1.71 bits per heavy atom. The van der Waals surface area contributed by atoms with Crippen LogP contribution in [0.4, 0.5) is 0 Å². The second-order valence-corrected chi connectivity index (χ2v) is 12.1. The number of aromatic nitrogens is 4. The molecule has 4 aromatic rings. The van der Waals surface area contributed by atoms with Gasteiger partial charge in [0, 0.05) is 43.7 Å². The number of aliphatic hydroxyl groups excluding tert-OH is 1. The molecule has 4 atom stereocenters. The largest absolute Gasteiger partial charge is 0.481 e. The summed E-state index contributed by atoms with van der Waals surface area (Å²) in [6.45, 7) is 2.47. The minimum absolute atomic E-state index is 0.0173. The van der Waals surface area contributed by atoms with Crippen LogP contribution < -0.4 is 5.32 Å². The van der Waals surface area contributed by atoms with Crippen LogP contribution in [0.3, 0.4) is 0 Å². The second kappa shape index (κ2) is 15.3. The Morgan fingerprint density at radius 1 is 0.956 bits per heavy atom. The summed E-state index contributed by atoms with van der Waals surface area (Å²) >= 11 is 1.54. The molecule has 5 rings (SSSR count). The average Bonchev–Trinajstić information content (AvgIpc) is 3.47. The molecule has 12 heteroatoms. The van der Waals surface area contributed by atoms with Crippen molar-refractivity contribution in [2.75, 3.05) is 5.75 Å². The van der Waals surface area contributed by atoms with Crippen LogP contribution in [0.1, 0.15) is 60.8 Å². The molecule has 0 unspecified atom stereocenters. The molecule has 1 aliphatic heterocycles. The second-order valence-electron chi connectivity index (χ2n) is 11.1. The quantitative estimate of drug-likeness (QED) is 0.175. The Morgan fingerprint density at radius 3 is 2.40 bits per heavy atom. The van der Waals surface area contributed by atoms with Crippen LogP contribution in [0.2, 0.25) is 0 Å². The molecule has 1 aromatic heterocycles. The lowest BCUT2D eigenvalue weighted by Gasteiger charge is -2.41. The summed E-state index contributed by atoms with van der Waals surface area (Å²) < 4.78 is 14.8. The first-order valence-corrected chi connectivity index (χ1v) is 15.8. The van der Waals surface area contributed by atoms with Crippen molar-refractivity contribution < 1.29 is 29.3 Å². The van der Waals surface area contributed by atoms with E-state index in [2.05, 4.69) is 27.8 Å². The van der Waals surface area contributed by atoms with Crippen LogP contribution in [0, 0.1) is 5.92 Å². The number of aryl methyl sites for hydroxylation is 1. The Bertz CT molecular complexity index is 1580. The number of thioether (sulfide) groups is 1. The first-order valence-electron chi connectivity index (χ1n) is 14.8. The van der Waals surface area contributed by atoms with Gasteiger partial charge in [-0.1, -0.05) is 85.4 Å². The number of carbonyl (C=O) groups excluding carboxylic acids is 1. The summed E-state index contributed by atoms with van der Waals surface area (Å²) in [7, 11) is 1.81. The van der Waals surface area contributed by atoms with E-state index in [4.69, 9.17) is 14.6 Å². The van der Waals surface area contributed by atoms with Crippen LogP contribution in [0.25, 0.3) is 11.1 Å². The molecule has 11 nitrogen and oxygen atoms in total. The molecule has 45 heavy (non-hydrogen) atoms. The van der Waals surface area contributed by atoms with E-state index < -0.39 is 12.3 Å². The number of amides is 1. The number of aliphatic hydroxyl groups is 1. The molecule has 0 aliphatic carbocycles. The summed E-state index contributed by atoms with van der Waals surface area (Å²) in [6.07, 6.45) is -0.491. The zero-order valence-corrected chi connectivity index (χ0v) is 26.0. The number of hydrogen-bond acceptors (Lipinski definition) is 9. The van der Waals surface area contributed by atoms with Crippen molar-refractivity contribution in [2.45, 2.75) is 63.0 Å². The topological polar surface area (TPSA) is 149 Å². The smallest absolute Gasteiger partial charge is 0.303 e. The molecule has 3 aromatic carbocycles. The Balaban J connectivity index is 1.29. The third kappa shape index (κ3) is 8.54. The summed E-state index contributed by atoms with van der Waals surface area (Å²) in [5.74, 6) is -0.391. The number of ether oxygens (including phenoxy) is 2. The van der Waals surface area contributed by atoms with E-state index in [0.717, 1.165) is 33.4 Å². The molecule has 0 spiro atoms. The van der Waals surface area contributed by atoms with Gasteiger partial charge in [-0.05, 0) is 50.7 Å². The first kappa shape index (κ1) is 32.3. The third-order valence-corrected chi connectivity index (χ3v) is 8.91. The molecule has 1 amide bonds. The predicted octanol–water partition coefficient (Wildman–Crippen LogP) is 4.82. The molecule has 1 fully saturated rings. The van der Waals surface area contributed by atoms with Crippen molar-refractivity contribution in [1.29, 1.82) is 0 Å². The predicted molar refractivity (Wildman–Crippen MR) is 168 cm³/mol. The lowest BCUT2D eigenvalue weighted by Crippen LogP contribution is -2.38.